The van der Waals surface area contributed by atoms with Crippen molar-refractivity contribution in [1.29, 1.82) is 0 Å². The molecule has 0 unspecified atom stereocenters. The fraction of sp³-hybridized carbons (Fsp3) is 0.318. The summed E-state index contributed by atoms with van der Waals surface area (Å²) in [5.41, 5.74) is 3.38. The average molecular weight is 380 g/mol. The molecule has 2 aromatic carbocycles. The maximum Gasteiger partial charge on any atom is 0.200 e. The van der Waals surface area contributed by atoms with Gasteiger partial charge in [0.05, 0.1) is 29.7 Å². The number of morpholine rings is 1. The van der Waals surface area contributed by atoms with Gasteiger partial charge in [-0.15, -0.1) is 0 Å². The Labute approximate surface area is 163 Å². The van der Waals surface area contributed by atoms with E-state index in [0.29, 0.717) is 41.9 Å². The number of hydrogen-bond donors (Lipinski definition) is 1. The predicted octanol–water partition coefficient (Wildman–Crippen LogP) is 3.06. The lowest BCUT2D eigenvalue weighted by Gasteiger charge is -2.27. The van der Waals surface area contributed by atoms with Crippen LogP contribution in [0.4, 0.5) is 5.69 Å². The van der Waals surface area contributed by atoms with Crippen LogP contribution in [0.15, 0.2) is 51.9 Å². The number of fused-ring (bicyclic) bond motifs is 1. The molecule has 28 heavy (non-hydrogen) atoms. The molecule has 1 aromatic heterocycles. The zero-order chi connectivity index (χ0) is 19.7. The quantitative estimate of drug-likeness (QED) is 0.750. The maximum absolute atomic E-state index is 13.1. The fourth-order valence-electron chi connectivity index (χ4n) is 3.52. The molecular formula is C22H24N2O4. The van der Waals surface area contributed by atoms with Gasteiger partial charge in [-0.3, -0.25) is 9.69 Å². The van der Waals surface area contributed by atoms with Crippen LogP contribution in [0.3, 0.4) is 0 Å². The van der Waals surface area contributed by atoms with Gasteiger partial charge in [-0.2, -0.15) is 0 Å². The second-order valence-electron chi connectivity index (χ2n) is 7.25. The number of rotatable bonds is 4. The number of benzene rings is 2. The molecule has 146 valence electrons. The fourth-order valence-corrected chi connectivity index (χ4v) is 3.52. The molecule has 0 aliphatic carbocycles. The van der Waals surface area contributed by atoms with Gasteiger partial charge >= 0.3 is 0 Å². The van der Waals surface area contributed by atoms with E-state index in [2.05, 4.69) is 4.90 Å². The standard InChI is InChI=1S/C22H24N2O4/c1-23(2)16-5-3-15(4-6-16)19-14-28-22-17(21(19)26)7-8-20(25)18(22)13-24-9-11-27-12-10-24/h3-8,14,25H,9-13H2,1-2H3. The summed E-state index contributed by atoms with van der Waals surface area (Å²) < 4.78 is 11.3. The zero-order valence-electron chi connectivity index (χ0n) is 16.1. The highest BCUT2D eigenvalue weighted by atomic mass is 16.5. The molecule has 0 bridgehead atoms. The van der Waals surface area contributed by atoms with E-state index in [1.54, 1.807) is 12.1 Å². The van der Waals surface area contributed by atoms with Gasteiger partial charge < -0.3 is 19.2 Å². The molecule has 1 N–H and O–H groups in total. The minimum absolute atomic E-state index is 0.0953. The molecule has 0 atom stereocenters. The second-order valence-corrected chi connectivity index (χ2v) is 7.25. The second kappa shape index (κ2) is 7.66. The van der Waals surface area contributed by atoms with Gasteiger partial charge in [-0.05, 0) is 29.8 Å². The van der Waals surface area contributed by atoms with Crippen molar-refractivity contribution < 1.29 is 14.3 Å². The van der Waals surface area contributed by atoms with Crippen molar-refractivity contribution in [2.24, 2.45) is 0 Å². The molecule has 4 rings (SSSR count). The van der Waals surface area contributed by atoms with Crippen LogP contribution in [0, 0.1) is 0 Å². The molecule has 2 heterocycles. The van der Waals surface area contributed by atoms with Crippen LogP contribution in [-0.4, -0.2) is 50.4 Å². The molecule has 0 amide bonds. The van der Waals surface area contributed by atoms with Crippen LogP contribution in [-0.2, 0) is 11.3 Å². The molecule has 0 spiro atoms. The lowest BCUT2D eigenvalue weighted by molar-refractivity contribution is 0.0339. The van der Waals surface area contributed by atoms with Gasteiger partial charge in [0.2, 0.25) is 5.43 Å². The van der Waals surface area contributed by atoms with Crippen LogP contribution in [0.1, 0.15) is 5.56 Å². The van der Waals surface area contributed by atoms with E-state index in [-0.39, 0.29) is 11.2 Å². The first-order valence-corrected chi connectivity index (χ1v) is 9.39. The number of anilines is 1. The van der Waals surface area contributed by atoms with Crippen molar-refractivity contribution in [2.75, 3.05) is 45.3 Å². The summed E-state index contributed by atoms with van der Waals surface area (Å²) in [5.74, 6) is 0.144. The minimum Gasteiger partial charge on any atom is -0.507 e. The monoisotopic (exact) mass is 380 g/mol. The lowest BCUT2D eigenvalue weighted by atomic mass is 10.0. The van der Waals surface area contributed by atoms with Gasteiger partial charge in [0.25, 0.3) is 0 Å². The number of phenols is 1. The van der Waals surface area contributed by atoms with E-state index >= 15 is 0 Å². The summed E-state index contributed by atoms with van der Waals surface area (Å²) in [5, 5.41) is 10.9. The highest BCUT2D eigenvalue weighted by Gasteiger charge is 2.19. The van der Waals surface area contributed by atoms with Crippen molar-refractivity contribution in [1.82, 2.24) is 4.90 Å². The smallest absolute Gasteiger partial charge is 0.200 e. The first-order chi connectivity index (χ1) is 13.5. The van der Waals surface area contributed by atoms with E-state index < -0.39 is 0 Å². The Morgan fingerprint density at radius 2 is 1.79 bits per heavy atom. The Hall–Kier alpha value is -2.83. The van der Waals surface area contributed by atoms with E-state index in [1.807, 2.05) is 43.3 Å². The summed E-state index contributed by atoms with van der Waals surface area (Å²) in [7, 11) is 3.95. The van der Waals surface area contributed by atoms with Crippen molar-refractivity contribution >= 4 is 16.7 Å². The molecule has 1 saturated heterocycles. The van der Waals surface area contributed by atoms with Crippen LogP contribution in [0.2, 0.25) is 0 Å². The summed E-state index contributed by atoms with van der Waals surface area (Å²) in [4.78, 5) is 17.3. The molecule has 1 aliphatic rings. The molecule has 1 fully saturated rings. The van der Waals surface area contributed by atoms with Crippen molar-refractivity contribution in [2.45, 2.75) is 6.54 Å². The minimum atomic E-state index is -0.0953. The van der Waals surface area contributed by atoms with Crippen molar-refractivity contribution in [3.05, 3.63) is 58.4 Å². The number of phenolic OH excluding ortho intramolecular Hbond substituents is 1. The van der Waals surface area contributed by atoms with E-state index in [4.69, 9.17) is 9.15 Å². The predicted molar refractivity (Wildman–Crippen MR) is 110 cm³/mol. The third kappa shape index (κ3) is 3.48. The molecule has 6 heteroatoms. The lowest BCUT2D eigenvalue weighted by Crippen LogP contribution is -2.35. The van der Waals surface area contributed by atoms with Gasteiger partial charge in [0.1, 0.15) is 17.6 Å². The first-order valence-electron chi connectivity index (χ1n) is 9.39. The summed E-state index contributed by atoms with van der Waals surface area (Å²) in [6.45, 7) is 3.43. The van der Waals surface area contributed by atoms with Gasteiger partial charge in [-0.25, -0.2) is 0 Å². The Kier molecular flexibility index (Phi) is 5.07. The first kappa shape index (κ1) is 18.5. The Balaban J connectivity index is 1.75. The molecule has 1 aliphatic heterocycles. The van der Waals surface area contributed by atoms with Crippen LogP contribution < -0.4 is 10.3 Å². The van der Waals surface area contributed by atoms with Crippen LogP contribution >= 0.6 is 0 Å². The number of aromatic hydroxyl groups is 1. The molecule has 0 saturated carbocycles. The molecular weight excluding hydrogens is 356 g/mol. The zero-order valence-corrected chi connectivity index (χ0v) is 16.1. The van der Waals surface area contributed by atoms with Crippen molar-refractivity contribution in [3.8, 4) is 16.9 Å². The van der Waals surface area contributed by atoms with Crippen molar-refractivity contribution in [3.63, 3.8) is 0 Å². The third-order valence-electron chi connectivity index (χ3n) is 5.20. The van der Waals surface area contributed by atoms with Crippen LogP contribution in [0.5, 0.6) is 5.75 Å². The van der Waals surface area contributed by atoms with Gasteiger partial charge in [0.15, 0.2) is 0 Å². The third-order valence-corrected chi connectivity index (χ3v) is 5.20. The highest BCUT2D eigenvalue weighted by Crippen LogP contribution is 2.29. The summed E-state index contributed by atoms with van der Waals surface area (Å²) in [6, 6.07) is 11.0. The average Bonchev–Trinajstić information content (AvgIpc) is 2.71. The molecule has 3 aromatic rings. The van der Waals surface area contributed by atoms with Gasteiger partial charge in [0, 0.05) is 39.4 Å². The van der Waals surface area contributed by atoms with Gasteiger partial charge in [-0.1, -0.05) is 12.1 Å². The topological polar surface area (TPSA) is 66.2 Å². The summed E-state index contributed by atoms with van der Waals surface area (Å²) in [6.07, 6.45) is 1.50. The normalized spacial score (nSPS) is 15.1. The number of ether oxygens (including phenoxy) is 1. The molecule has 0 radical (unpaired) electrons. The van der Waals surface area contributed by atoms with E-state index in [0.717, 1.165) is 24.3 Å². The Morgan fingerprint density at radius 3 is 2.46 bits per heavy atom. The van der Waals surface area contributed by atoms with Crippen LogP contribution in [0.25, 0.3) is 22.1 Å². The maximum atomic E-state index is 13.1. The molecule has 6 nitrogen and oxygen atoms in total. The van der Waals surface area contributed by atoms with E-state index in [9.17, 15) is 9.90 Å². The number of nitrogens with zero attached hydrogens (tertiary/aromatic N) is 2. The Morgan fingerprint density at radius 1 is 1.07 bits per heavy atom. The number of hydrogen-bond acceptors (Lipinski definition) is 6. The SMILES string of the molecule is CN(C)c1ccc(-c2coc3c(CN4CCOCC4)c(O)ccc3c2=O)cc1. The summed E-state index contributed by atoms with van der Waals surface area (Å²) >= 11 is 0. The van der Waals surface area contributed by atoms with E-state index in [1.165, 1.54) is 6.26 Å². The Bertz CT molecular complexity index is 1030. The highest BCUT2D eigenvalue weighted by molar-refractivity contribution is 5.85. The largest absolute Gasteiger partial charge is 0.507 e.